The van der Waals surface area contributed by atoms with Gasteiger partial charge in [0.1, 0.15) is 12.4 Å². The molecule has 2 atom stereocenters. The van der Waals surface area contributed by atoms with Crippen LogP contribution >= 0.6 is 11.6 Å². The number of hydrogen-bond donors (Lipinski definition) is 0. The fourth-order valence-corrected chi connectivity index (χ4v) is 2.35. The maximum atomic E-state index is 5.85. The quantitative estimate of drug-likeness (QED) is 0.773. The van der Waals surface area contributed by atoms with Crippen molar-refractivity contribution in [1.82, 2.24) is 4.90 Å². The number of ether oxygens (including phenoxy) is 1. The molecular formula is C17H18ClNO. The summed E-state index contributed by atoms with van der Waals surface area (Å²) in [5.74, 6) is 0.886. The molecule has 0 aromatic heterocycles. The highest BCUT2D eigenvalue weighted by Crippen LogP contribution is 2.23. The van der Waals surface area contributed by atoms with Gasteiger partial charge < -0.3 is 4.74 Å². The average Bonchev–Trinajstić information content (AvgIpc) is 3.19. The third-order valence-corrected chi connectivity index (χ3v) is 3.84. The van der Waals surface area contributed by atoms with Gasteiger partial charge in [-0.25, -0.2) is 0 Å². The molecule has 0 spiro atoms. The summed E-state index contributed by atoms with van der Waals surface area (Å²) in [6, 6.07) is 16.8. The minimum absolute atomic E-state index is 0.534. The Morgan fingerprint density at radius 3 is 2.50 bits per heavy atom. The van der Waals surface area contributed by atoms with Crippen LogP contribution in [0.5, 0.6) is 5.75 Å². The molecule has 20 heavy (non-hydrogen) atoms. The summed E-state index contributed by atoms with van der Waals surface area (Å²) in [7, 11) is 0. The van der Waals surface area contributed by atoms with Crippen LogP contribution < -0.4 is 4.74 Å². The maximum Gasteiger partial charge on any atom is 0.119 e. The van der Waals surface area contributed by atoms with E-state index in [1.54, 1.807) is 0 Å². The van der Waals surface area contributed by atoms with Crippen molar-refractivity contribution < 1.29 is 4.74 Å². The van der Waals surface area contributed by atoms with Crippen molar-refractivity contribution in [2.75, 3.05) is 13.2 Å². The van der Waals surface area contributed by atoms with E-state index in [0.717, 1.165) is 30.5 Å². The fourth-order valence-electron chi connectivity index (χ4n) is 2.23. The van der Waals surface area contributed by atoms with Crippen LogP contribution in [-0.4, -0.2) is 24.1 Å². The second-order valence-electron chi connectivity index (χ2n) is 5.33. The SMILES string of the molecule is Cc1ccc(CN2CC2COc2ccc(Cl)cc2)cc1. The van der Waals surface area contributed by atoms with Gasteiger partial charge in [0, 0.05) is 18.1 Å². The molecule has 0 amide bonds. The zero-order chi connectivity index (χ0) is 13.9. The Kier molecular flexibility index (Phi) is 3.95. The fraction of sp³-hybridized carbons (Fsp3) is 0.294. The molecule has 2 nitrogen and oxygen atoms in total. The van der Waals surface area contributed by atoms with Crippen molar-refractivity contribution in [3.05, 3.63) is 64.7 Å². The molecule has 1 saturated heterocycles. The molecule has 0 saturated carbocycles. The average molecular weight is 288 g/mol. The predicted octanol–water partition coefficient (Wildman–Crippen LogP) is 3.91. The minimum atomic E-state index is 0.534. The van der Waals surface area contributed by atoms with Crippen LogP contribution in [0.1, 0.15) is 11.1 Å². The molecule has 1 aliphatic rings. The number of halogens is 1. The van der Waals surface area contributed by atoms with E-state index in [1.807, 2.05) is 24.3 Å². The Morgan fingerprint density at radius 2 is 1.80 bits per heavy atom. The molecule has 3 rings (SSSR count). The highest BCUT2D eigenvalue weighted by Gasteiger charge is 2.34. The third kappa shape index (κ3) is 3.53. The number of aryl methyl sites for hydroxylation is 1. The van der Waals surface area contributed by atoms with Crippen LogP contribution in [0, 0.1) is 6.92 Å². The molecule has 0 aliphatic carbocycles. The van der Waals surface area contributed by atoms with Crippen molar-refractivity contribution in [3.63, 3.8) is 0 Å². The molecule has 3 heteroatoms. The van der Waals surface area contributed by atoms with Crippen molar-refractivity contribution >= 4 is 11.6 Å². The Bertz CT molecular complexity index is 565. The highest BCUT2D eigenvalue weighted by molar-refractivity contribution is 6.30. The van der Waals surface area contributed by atoms with Crippen molar-refractivity contribution in [1.29, 1.82) is 0 Å². The van der Waals surface area contributed by atoms with Gasteiger partial charge >= 0.3 is 0 Å². The van der Waals surface area contributed by atoms with E-state index in [2.05, 4.69) is 36.1 Å². The lowest BCUT2D eigenvalue weighted by Gasteiger charge is -2.07. The third-order valence-electron chi connectivity index (χ3n) is 3.59. The topological polar surface area (TPSA) is 12.2 Å². The standard InChI is InChI=1S/C17H18ClNO/c1-13-2-4-14(5-3-13)10-19-11-16(19)12-20-17-8-6-15(18)7-9-17/h2-9,16H,10-12H2,1H3. The molecule has 1 heterocycles. The summed E-state index contributed by atoms with van der Waals surface area (Å²) in [4.78, 5) is 2.42. The van der Waals surface area contributed by atoms with Crippen LogP contribution in [0.3, 0.4) is 0 Å². The van der Waals surface area contributed by atoms with Crippen LogP contribution in [0.15, 0.2) is 48.5 Å². The number of hydrogen-bond acceptors (Lipinski definition) is 2. The predicted molar refractivity (Wildman–Crippen MR) is 82.3 cm³/mol. The zero-order valence-corrected chi connectivity index (χ0v) is 12.3. The Hall–Kier alpha value is -1.51. The van der Waals surface area contributed by atoms with Gasteiger partial charge in [-0.3, -0.25) is 4.90 Å². The monoisotopic (exact) mass is 287 g/mol. The van der Waals surface area contributed by atoms with Crippen LogP contribution in [0.25, 0.3) is 0 Å². The van der Waals surface area contributed by atoms with Crippen molar-refractivity contribution in [2.24, 2.45) is 0 Å². The summed E-state index contributed by atoms with van der Waals surface area (Å²) >= 11 is 5.85. The molecule has 0 N–H and O–H groups in total. The number of nitrogens with zero attached hydrogens (tertiary/aromatic N) is 1. The maximum absolute atomic E-state index is 5.85. The second kappa shape index (κ2) is 5.86. The summed E-state index contributed by atoms with van der Waals surface area (Å²) in [5, 5.41) is 0.741. The smallest absolute Gasteiger partial charge is 0.119 e. The van der Waals surface area contributed by atoms with Gasteiger partial charge in [0.05, 0.1) is 6.04 Å². The molecule has 104 valence electrons. The Labute approximate surface area is 124 Å². The first kappa shape index (κ1) is 13.5. The molecule has 2 aromatic carbocycles. The summed E-state index contributed by atoms with van der Waals surface area (Å²) < 4.78 is 5.77. The van der Waals surface area contributed by atoms with Gasteiger partial charge in [0.25, 0.3) is 0 Å². The van der Waals surface area contributed by atoms with Gasteiger partial charge in [-0.2, -0.15) is 0 Å². The van der Waals surface area contributed by atoms with E-state index in [-0.39, 0.29) is 0 Å². The number of benzene rings is 2. The van der Waals surface area contributed by atoms with E-state index in [1.165, 1.54) is 11.1 Å². The first-order chi connectivity index (χ1) is 9.70. The lowest BCUT2D eigenvalue weighted by Crippen LogP contribution is -2.10. The normalized spacial score (nSPS) is 20.7. The largest absolute Gasteiger partial charge is 0.492 e. The first-order valence-corrected chi connectivity index (χ1v) is 7.26. The van der Waals surface area contributed by atoms with Crippen LogP contribution in [0.2, 0.25) is 5.02 Å². The van der Waals surface area contributed by atoms with Crippen LogP contribution in [-0.2, 0) is 6.54 Å². The molecule has 1 aliphatic heterocycles. The van der Waals surface area contributed by atoms with E-state index in [9.17, 15) is 0 Å². The van der Waals surface area contributed by atoms with Gasteiger partial charge in [-0.15, -0.1) is 0 Å². The molecule has 2 aromatic rings. The second-order valence-corrected chi connectivity index (χ2v) is 5.77. The number of rotatable bonds is 5. The van der Waals surface area contributed by atoms with Gasteiger partial charge in [-0.05, 0) is 36.8 Å². The van der Waals surface area contributed by atoms with E-state index < -0.39 is 0 Å². The lowest BCUT2D eigenvalue weighted by atomic mass is 10.1. The van der Waals surface area contributed by atoms with Crippen molar-refractivity contribution in [3.8, 4) is 5.75 Å². The molecular weight excluding hydrogens is 270 g/mol. The van der Waals surface area contributed by atoms with Gasteiger partial charge in [0.2, 0.25) is 0 Å². The molecule has 0 radical (unpaired) electrons. The minimum Gasteiger partial charge on any atom is -0.492 e. The lowest BCUT2D eigenvalue weighted by molar-refractivity contribution is 0.293. The van der Waals surface area contributed by atoms with E-state index in [4.69, 9.17) is 16.3 Å². The molecule has 1 fully saturated rings. The van der Waals surface area contributed by atoms with E-state index >= 15 is 0 Å². The Balaban J connectivity index is 1.45. The van der Waals surface area contributed by atoms with Gasteiger partial charge in [0.15, 0.2) is 0 Å². The van der Waals surface area contributed by atoms with E-state index in [0.29, 0.717) is 6.04 Å². The summed E-state index contributed by atoms with van der Waals surface area (Å²) in [6.07, 6.45) is 0. The molecule has 2 unspecified atom stereocenters. The summed E-state index contributed by atoms with van der Waals surface area (Å²) in [5.41, 5.74) is 2.67. The van der Waals surface area contributed by atoms with Crippen molar-refractivity contribution in [2.45, 2.75) is 19.5 Å². The zero-order valence-electron chi connectivity index (χ0n) is 11.6. The van der Waals surface area contributed by atoms with Gasteiger partial charge in [-0.1, -0.05) is 41.4 Å². The Morgan fingerprint density at radius 1 is 1.10 bits per heavy atom. The summed E-state index contributed by atoms with van der Waals surface area (Å²) in [6.45, 7) is 4.98. The highest BCUT2D eigenvalue weighted by atomic mass is 35.5. The molecule has 0 bridgehead atoms. The first-order valence-electron chi connectivity index (χ1n) is 6.89. The van der Waals surface area contributed by atoms with Crippen LogP contribution in [0.4, 0.5) is 0 Å².